The number of nitrogens with zero attached hydrogens (tertiary/aromatic N) is 2. The molecule has 5 nitrogen and oxygen atoms in total. The second-order valence-corrected chi connectivity index (χ2v) is 9.26. The normalized spacial score (nSPS) is 22.9. The summed E-state index contributed by atoms with van der Waals surface area (Å²) in [5.41, 5.74) is 4.52. The number of aromatic amines is 1. The van der Waals surface area contributed by atoms with Crippen LogP contribution in [0.2, 0.25) is 0 Å². The lowest BCUT2D eigenvalue weighted by Crippen LogP contribution is -2.67. The van der Waals surface area contributed by atoms with Gasteiger partial charge in [0.25, 0.3) is 5.91 Å². The monoisotopic (exact) mass is 429 g/mol. The summed E-state index contributed by atoms with van der Waals surface area (Å²) in [5.74, 6) is 0.0832. The van der Waals surface area contributed by atoms with E-state index in [0.29, 0.717) is 13.1 Å². The third-order valence-corrected chi connectivity index (χ3v) is 7.39. The van der Waals surface area contributed by atoms with Gasteiger partial charge in [-0.15, -0.1) is 0 Å². The second-order valence-electron chi connectivity index (χ2n) is 9.26. The molecule has 3 heterocycles. The number of aryl methyl sites for hydroxylation is 1. The van der Waals surface area contributed by atoms with Crippen LogP contribution in [-0.2, 0) is 21.5 Å². The van der Waals surface area contributed by atoms with Gasteiger partial charge < -0.3 is 14.8 Å². The lowest BCUT2D eigenvalue weighted by molar-refractivity contribution is -0.166. The van der Waals surface area contributed by atoms with E-state index >= 15 is 0 Å². The van der Waals surface area contributed by atoms with Crippen LogP contribution in [0.1, 0.15) is 61.9 Å². The maximum atomic E-state index is 13.8. The third-order valence-electron chi connectivity index (χ3n) is 7.39. The van der Waals surface area contributed by atoms with E-state index in [1.54, 1.807) is 4.90 Å². The van der Waals surface area contributed by atoms with E-state index in [9.17, 15) is 9.59 Å². The Labute approximate surface area is 189 Å². The van der Waals surface area contributed by atoms with E-state index in [1.165, 1.54) is 11.1 Å². The van der Waals surface area contributed by atoms with Gasteiger partial charge in [-0.25, -0.2) is 0 Å². The molecule has 1 fully saturated rings. The molecule has 3 aromatic rings. The Balaban J connectivity index is 1.70. The van der Waals surface area contributed by atoms with Crippen molar-refractivity contribution in [3.63, 3.8) is 0 Å². The molecule has 2 aliphatic heterocycles. The number of fused-ring (bicyclic) bond motifs is 5. The highest BCUT2D eigenvalue weighted by Gasteiger charge is 2.56. The number of aromatic nitrogens is 1. The van der Waals surface area contributed by atoms with Crippen molar-refractivity contribution in [1.29, 1.82) is 0 Å². The first-order valence-corrected chi connectivity index (χ1v) is 11.8. The molecular formula is C27H31N3O2. The van der Waals surface area contributed by atoms with Crippen molar-refractivity contribution in [2.24, 2.45) is 0 Å². The van der Waals surface area contributed by atoms with Gasteiger partial charge in [0.2, 0.25) is 5.91 Å². The molecule has 0 radical (unpaired) electrons. The number of hydrogen-bond acceptors (Lipinski definition) is 2. The molecule has 5 heteroatoms. The standard InChI is InChI=1S/C27H31N3O2/c1-4-6-15-29-17-23(31)30-16-21(19-13-11-18(5-2)12-14-19)24-20-9-7-8-10-22(20)28-25(24)27(30,3)26(29)32/h7-14,21,28H,4-6,15-17H2,1-3H3/t21-,27+/m1/s1. The zero-order valence-corrected chi connectivity index (χ0v) is 19.1. The molecule has 0 aliphatic carbocycles. The van der Waals surface area contributed by atoms with E-state index < -0.39 is 5.54 Å². The summed E-state index contributed by atoms with van der Waals surface area (Å²) in [6, 6.07) is 17.0. The molecular weight excluding hydrogens is 398 g/mol. The molecule has 0 spiro atoms. The molecule has 2 aliphatic rings. The number of amides is 2. The van der Waals surface area contributed by atoms with E-state index in [-0.39, 0.29) is 24.3 Å². The van der Waals surface area contributed by atoms with Gasteiger partial charge in [0.05, 0.1) is 12.2 Å². The van der Waals surface area contributed by atoms with E-state index in [1.807, 2.05) is 24.0 Å². The number of carbonyl (C=O) groups is 2. The number of nitrogens with one attached hydrogen (secondary N) is 1. The molecule has 2 atom stereocenters. The summed E-state index contributed by atoms with van der Waals surface area (Å²) < 4.78 is 0. The molecule has 0 saturated carbocycles. The minimum atomic E-state index is -1.00. The molecule has 5 rings (SSSR count). The van der Waals surface area contributed by atoms with Gasteiger partial charge in [0, 0.05) is 29.9 Å². The van der Waals surface area contributed by atoms with Crippen LogP contribution < -0.4 is 0 Å². The van der Waals surface area contributed by atoms with Crippen LogP contribution in [0.3, 0.4) is 0 Å². The van der Waals surface area contributed by atoms with Crippen molar-refractivity contribution in [1.82, 2.24) is 14.8 Å². The van der Waals surface area contributed by atoms with Crippen LogP contribution >= 0.6 is 0 Å². The SMILES string of the molecule is CCCCN1CC(=O)N2C[C@H](c3ccc(CC)cc3)c3c([nH]c4ccccc34)[C@@]2(C)C1=O. The first kappa shape index (κ1) is 20.8. The quantitative estimate of drug-likeness (QED) is 0.646. The van der Waals surface area contributed by atoms with Crippen molar-refractivity contribution < 1.29 is 9.59 Å². The van der Waals surface area contributed by atoms with Crippen molar-refractivity contribution in [3.05, 3.63) is 70.9 Å². The highest BCUT2D eigenvalue weighted by molar-refractivity contribution is 6.01. The maximum Gasteiger partial charge on any atom is 0.254 e. The summed E-state index contributed by atoms with van der Waals surface area (Å²) in [7, 11) is 0. The molecule has 1 saturated heterocycles. The van der Waals surface area contributed by atoms with Gasteiger partial charge in [-0.2, -0.15) is 0 Å². The molecule has 1 aromatic heterocycles. The van der Waals surface area contributed by atoms with E-state index in [0.717, 1.165) is 41.4 Å². The largest absolute Gasteiger partial charge is 0.356 e. The van der Waals surface area contributed by atoms with Gasteiger partial charge in [-0.3, -0.25) is 9.59 Å². The maximum absolute atomic E-state index is 13.8. The lowest BCUT2D eigenvalue weighted by atomic mass is 9.76. The van der Waals surface area contributed by atoms with Crippen LogP contribution in [0.25, 0.3) is 10.9 Å². The first-order chi connectivity index (χ1) is 15.5. The van der Waals surface area contributed by atoms with Gasteiger partial charge >= 0.3 is 0 Å². The number of hydrogen-bond donors (Lipinski definition) is 1. The molecule has 166 valence electrons. The number of piperazine rings is 1. The predicted molar refractivity (Wildman–Crippen MR) is 127 cm³/mol. The Bertz CT molecular complexity index is 1180. The summed E-state index contributed by atoms with van der Waals surface area (Å²) >= 11 is 0. The van der Waals surface area contributed by atoms with Gasteiger partial charge in [0.15, 0.2) is 5.54 Å². The Morgan fingerprint density at radius 3 is 2.53 bits per heavy atom. The molecule has 0 unspecified atom stereocenters. The van der Waals surface area contributed by atoms with Crippen molar-refractivity contribution in [2.75, 3.05) is 19.6 Å². The average molecular weight is 430 g/mol. The van der Waals surface area contributed by atoms with Crippen molar-refractivity contribution in [3.8, 4) is 0 Å². The highest BCUT2D eigenvalue weighted by atomic mass is 16.2. The minimum absolute atomic E-state index is 0.0261. The Kier molecular flexibility index (Phi) is 5.07. The van der Waals surface area contributed by atoms with E-state index in [2.05, 4.69) is 55.2 Å². The third kappa shape index (κ3) is 2.98. The lowest BCUT2D eigenvalue weighted by Gasteiger charge is -2.51. The zero-order valence-electron chi connectivity index (χ0n) is 19.1. The fourth-order valence-electron chi connectivity index (χ4n) is 5.49. The van der Waals surface area contributed by atoms with Crippen LogP contribution in [0.4, 0.5) is 0 Å². The highest BCUT2D eigenvalue weighted by Crippen LogP contribution is 2.48. The van der Waals surface area contributed by atoms with Crippen molar-refractivity contribution in [2.45, 2.75) is 51.5 Å². The summed E-state index contributed by atoms with van der Waals surface area (Å²) in [4.78, 5) is 34.3. The Morgan fingerprint density at radius 1 is 1.06 bits per heavy atom. The number of H-pyrrole nitrogens is 1. The minimum Gasteiger partial charge on any atom is -0.356 e. The van der Waals surface area contributed by atoms with Crippen LogP contribution in [0.15, 0.2) is 48.5 Å². The molecule has 1 N–H and O–H groups in total. The number of unbranched alkanes of at least 4 members (excludes halogenated alkanes) is 1. The van der Waals surface area contributed by atoms with Gasteiger partial charge in [-0.05, 0) is 42.5 Å². The van der Waals surface area contributed by atoms with E-state index in [4.69, 9.17) is 0 Å². The summed E-state index contributed by atoms with van der Waals surface area (Å²) in [5, 5.41) is 1.14. The predicted octanol–water partition coefficient (Wildman–Crippen LogP) is 4.56. The van der Waals surface area contributed by atoms with Gasteiger partial charge in [-0.1, -0.05) is 62.7 Å². The molecule has 0 bridgehead atoms. The first-order valence-electron chi connectivity index (χ1n) is 11.8. The second kappa shape index (κ2) is 7.80. The summed E-state index contributed by atoms with van der Waals surface area (Å²) in [6.07, 6.45) is 2.89. The Morgan fingerprint density at radius 2 is 1.81 bits per heavy atom. The van der Waals surface area contributed by atoms with Crippen molar-refractivity contribution >= 4 is 22.7 Å². The number of carbonyl (C=O) groups excluding carboxylic acids is 2. The molecule has 2 amide bonds. The van der Waals surface area contributed by atoms with Crippen LogP contribution in [0, 0.1) is 0 Å². The smallest absolute Gasteiger partial charge is 0.254 e. The fraction of sp³-hybridized carbons (Fsp3) is 0.407. The van der Waals surface area contributed by atoms with Gasteiger partial charge in [0.1, 0.15) is 0 Å². The number of benzene rings is 2. The fourth-order valence-corrected chi connectivity index (χ4v) is 5.49. The van der Waals surface area contributed by atoms with Crippen LogP contribution in [-0.4, -0.2) is 46.2 Å². The molecule has 32 heavy (non-hydrogen) atoms. The zero-order chi connectivity index (χ0) is 22.5. The Hall–Kier alpha value is -3.08. The topological polar surface area (TPSA) is 56.4 Å². The summed E-state index contributed by atoms with van der Waals surface area (Å²) in [6.45, 7) is 7.50. The van der Waals surface area contributed by atoms with Crippen LogP contribution in [0.5, 0.6) is 0 Å². The molecule has 2 aromatic carbocycles. The number of para-hydroxylation sites is 1. The number of rotatable bonds is 5. The average Bonchev–Trinajstić information content (AvgIpc) is 3.21.